The number of nitrogens with zero attached hydrogens (tertiary/aromatic N) is 4. The maximum absolute atomic E-state index is 14.3. The maximum atomic E-state index is 14.3. The molecule has 9 heteroatoms. The molecule has 2 saturated heterocycles. The quantitative estimate of drug-likeness (QED) is 0.654. The third-order valence-corrected chi connectivity index (χ3v) is 3.92. The summed E-state index contributed by atoms with van der Waals surface area (Å²) in [5, 5.41) is 3.24. The zero-order chi connectivity index (χ0) is 15.7. The van der Waals surface area contributed by atoms with Gasteiger partial charge in [-0.05, 0) is 6.92 Å². The molecule has 2 aliphatic heterocycles. The molecule has 8 nitrogen and oxygen atoms in total. The minimum absolute atomic E-state index is 0.0291. The van der Waals surface area contributed by atoms with Gasteiger partial charge in [-0.3, -0.25) is 4.79 Å². The Labute approximate surface area is 126 Å². The van der Waals surface area contributed by atoms with Gasteiger partial charge in [-0.25, -0.2) is 9.47 Å². The summed E-state index contributed by atoms with van der Waals surface area (Å²) in [7, 11) is 0. The second-order valence-corrected chi connectivity index (χ2v) is 5.24. The van der Waals surface area contributed by atoms with Crippen LogP contribution < -0.4 is 21.3 Å². The second-order valence-electron chi connectivity index (χ2n) is 5.24. The van der Waals surface area contributed by atoms with E-state index in [-0.39, 0.29) is 5.69 Å². The van der Waals surface area contributed by atoms with Crippen LogP contribution in [0.25, 0.3) is 0 Å². The molecule has 0 aromatic carbocycles. The molecule has 1 aromatic heterocycles. The minimum atomic E-state index is -0.908. The van der Waals surface area contributed by atoms with Crippen molar-refractivity contribution in [3.63, 3.8) is 0 Å². The SMILES string of the molecule is Cc1c(F)c(=O)n(N2CCOCC2)c(=O)n1N1CCOCC1. The van der Waals surface area contributed by atoms with E-state index < -0.39 is 17.1 Å². The molecule has 0 saturated carbocycles. The monoisotopic (exact) mass is 314 g/mol. The van der Waals surface area contributed by atoms with Crippen LogP contribution in [0, 0.1) is 12.7 Å². The summed E-state index contributed by atoms with van der Waals surface area (Å²) < 4.78 is 26.9. The van der Waals surface area contributed by atoms with Crippen molar-refractivity contribution in [3.8, 4) is 0 Å². The molecule has 2 fully saturated rings. The topological polar surface area (TPSA) is 68.9 Å². The molecular weight excluding hydrogens is 295 g/mol. The van der Waals surface area contributed by atoms with Gasteiger partial charge in [0.1, 0.15) is 0 Å². The fraction of sp³-hybridized carbons (Fsp3) is 0.692. The molecule has 0 spiro atoms. The highest BCUT2D eigenvalue weighted by molar-refractivity contribution is 5.10. The molecule has 0 atom stereocenters. The number of aromatic nitrogens is 2. The van der Waals surface area contributed by atoms with E-state index in [0.29, 0.717) is 52.6 Å². The van der Waals surface area contributed by atoms with Crippen LogP contribution in [0.3, 0.4) is 0 Å². The van der Waals surface area contributed by atoms with E-state index >= 15 is 0 Å². The van der Waals surface area contributed by atoms with E-state index in [9.17, 15) is 14.0 Å². The predicted molar refractivity (Wildman–Crippen MR) is 77.2 cm³/mol. The Hall–Kier alpha value is -1.87. The van der Waals surface area contributed by atoms with Crippen LogP contribution in [0.4, 0.5) is 4.39 Å². The Kier molecular flexibility index (Phi) is 4.16. The highest BCUT2D eigenvalue weighted by Gasteiger charge is 2.25. The summed E-state index contributed by atoms with van der Waals surface area (Å²) >= 11 is 0. The first-order valence-electron chi connectivity index (χ1n) is 7.31. The summed E-state index contributed by atoms with van der Waals surface area (Å²) in [4.78, 5) is 24.9. The van der Waals surface area contributed by atoms with Crippen molar-refractivity contribution in [1.29, 1.82) is 0 Å². The van der Waals surface area contributed by atoms with Crippen molar-refractivity contribution in [2.45, 2.75) is 6.92 Å². The molecule has 0 aliphatic carbocycles. The third-order valence-electron chi connectivity index (χ3n) is 3.92. The van der Waals surface area contributed by atoms with Gasteiger partial charge in [0.25, 0.3) is 0 Å². The van der Waals surface area contributed by atoms with Crippen molar-refractivity contribution >= 4 is 0 Å². The van der Waals surface area contributed by atoms with Gasteiger partial charge in [0.15, 0.2) is 0 Å². The Morgan fingerprint density at radius 3 is 1.82 bits per heavy atom. The lowest BCUT2D eigenvalue weighted by Gasteiger charge is -2.34. The highest BCUT2D eigenvalue weighted by atomic mass is 19.1. The molecule has 1 aromatic rings. The first kappa shape index (κ1) is 15.0. The molecule has 0 unspecified atom stereocenters. The lowest BCUT2D eigenvalue weighted by molar-refractivity contribution is 0.104. The third kappa shape index (κ3) is 2.50. The van der Waals surface area contributed by atoms with Crippen LogP contribution in [0.1, 0.15) is 5.69 Å². The molecule has 0 radical (unpaired) electrons. The maximum Gasteiger partial charge on any atom is 0.369 e. The molecule has 0 N–H and O–H groups in total. The Morgan fingerprint density at radius 2 is 1.32 bits per heavy atom. The standard InChI is InChI=1S/C13H19FN4O4/c1-10-11(14)12(19)18(16-4-8-22-9-5-16)13(20)17(10)15-2-6-21-7-3-15/h2-9H2,1H3. The number of morpholine rings is 2. The van der Waals surface area contributed by atoms with Gasteiger partial charge in [-0.2, -0.15) is 9.07 Å². The Bertz CT molecular complexity index is 659. The molecule has 22 heavy (non-hydrogen) atoms. The zero-order valence-corrected chi connectivity index (χ0v) is 12.5. The van der Waals surface area contributed by atoms with Gasteiger partial charge in [0.2, 0.25) is 5.82 Å². The van der Waals surface area contributed by atoms with Crippen LogP contribution in [-0.2, 0) is 9.47 Å². The van der Waals surface area contributed by atoms with Gasteiger partial charge in [-0.15, -0.1) is 0 Å². The van der Waals surface area contributed by atoms with E-state index in [4.69, 9.17) is 9.47 Å². The van der Waals surface area contributed by atoms with Gasteiger partial charge in [0.05, 0.1) is 58.3 Å². The van der Waals surface area contributed by atoms with Crippen LogP contribution >= 0.6 is 0 Å². The van der Waals surface area contributed by atoms with Gasteiger partial charge in [-0.1, -0.05) is 0 Å². The van der Waals surface area contributed by atoms with Crippen molar-refractivity contribution in [3.05, 3.63) is 32.3 Å². The van der Waals surface area contributed by atoms with Crippen molar-refractivity contribution in [2.24, 2.45) is 0 Å². The fourth-order valence-electron chi connectivity index (χ4n) is 2.75. The zero-order valence-electron chi connectivity index (χ0n) is 12.5. The molecule has 2 aliphatic rings. The number of ether oxygens (including phenoxy) is 2. The molecule has 3 heterocycles. The first-order valence-corrected chi connectivity index (χ1v) is 7.31. The average Bonchev–Trinajstić information content (AvgIpc) is 2.55. The van der Waals surface area contributed by atoms with Crippen molar-refractivity contribution < 1.29 is 13.9 Å². The van der Waals surface area contributed by atoms with Crippen molar-refractivity contribution in [1.82, 2.24) is 9.35 Å². The van der Waals surface area contributed by atoms with E-state index in [1.54, 1.807) is 5.01 Å². The Morgan fingerprint density at radius 1 is 0.864 bits per heavy atom. The van der Waals surface area contributed by atoms with Crippen LogP contribution in [-0.4, -0.2) is 62.0 Å². The van der Waals surface area contributed by atoms with Crippen LogP contribution in [0.15, 0.2) is 9.59 Å². The van der Waals surface area contributed by atoms with Crippen molar-refractivity contribution in [2.75, 3.05) is 62.6 Å². The lowest BCUT2D eigenvalue weighted by atomic mass is 10.4. The molecule has 0 amide bonds. The minimum Gasteiger partial charge on any atom is -0.378 e. The number of hydrogen-bond acceptors (Lipinski definition) is 6. The summed E-state index contributed by atoms with van der Waals surface area (Å²) in [5.74, 6) is -0.905. The number of halogens is 1. The lowest BCUT2D eigenvalue weighted by Crippen LogP contribution is -2.61. The summed E-state index contributed by atoms with van der Waals surface area (Å²) in [6, 6.07) is 0. The predicted octanol–water partition coefficient (Wildman–Crippen LogP) is -1.61. The van der Waals surface area contributed by atoms with E-state index in [1.165, 1.54) is 16.6 Å². The molecule has 0 bridgehead atoms. The fourth-order valence-corrected chi connectivity index (χ4v) is 2.75. The van der Waals surface area contributed by atoms with E-state index in [2.05, 4.69) is 0 Å². The highest BCUT2D eigenvalue weighted by Crippen LogP contribution is 2.03. The summed E-state index contributed by atoms with van der Waals surface area (Å²) in [6.45, 7) is 4.87. The van der Waals surface area contributed by atoms with Crippen LogP contribution in [0.5, 0.6) is 0 Å². The van der Waals surface area contributed by atoms with Crippen LogP contribution in [0.2, 0.25) is 0 Å². The normalized spacial score (nSPS) is 19.5. The second kappa shape index (κ2) is 6.09. The number of hydrogen-bond donors (Lipinski definition) is 0. The molecular formula is C13H19FN4O4. The van der Waals surface area contributed by atoms with Gasteiger partial charge < -0.3 is 19.5 Å². The summed E-state index contributed by atoms with van der Waals surface area (Å²) in [6.07, 6.45) is 0. The largest absolute Gasteiger partial charge is 0.378 e. The van der Waals surface area contributed by atoms with Gasteiger partial charge >= 0.3 is 11.2 Å². The molecule has 3 rings (SSSR count). The summed E-state index contributed by atoms with van der Waals surface area (Å²) in [5.41, 5.74) is -1.43. The Balaban J connectivity index is 2.11. The van der Waals surface area contributed by atoms with E-state index in [1.807, 2.05) is 0 Å². The number of rotatable bonds is 2. The van der Waals surface area contributed by atoms with Gasteiger partial charge in [0, 0.05) is 0 Å². The smallest absolute Gasteiger partial charge is 0.369 e. The van der Waals surface area contributed by atoms with E-state index in [0.717, 1.165) is 4.68 Å². The average molecular weight is 314 g/mol. The first-order chi connectivity index (χ1) is 10.6. The molecule has 122 valence electrons.